The number of halogens is 3. The van der Waals surface area contributed by atoms with Gasteiger partial charge >= 0.3 is 0 Å². The van der Waals surface area contributed by atoms with Gasteiger partial charge in [-0.3, -0.25) is 0 Å². The summed E-state index contributed by atoms with van der Waals surface area (Å²) in [5, 5.41) is 37.2. The predicted octanol–water partition coefficient (Wildman–Crippen LogP) is 1.90. The molecule has 3 aromatic rings. The molecule has 0 unspecified atom stereocenters. The van der Waals surface area contributed by atoms with Crippen molar-refractivity contribution in [1.82, 2.24) is 30.0 Å². The Morgan fingerprint density at radius 2 is 1.83 bits per heavy atom. The van der Waals surface area contributed by atoms with Crippen molar-refractivity contribution in [3.63, 3.8) is 0 Å². The van der Waals surface area contributed by atoms with Crippen LogP contribution in [0.2, 0.25) is 0 Å². The van der Waals surface area contributed by atoms with E-state index in [-0.39, 0.29) is 17.8 Å². The van der Waals surface area contributed by atoms with Crippen molar-refractivity contribution in [2.45, 2.75) is 56.3 Å². The lowest BCUT2D eigenvalue weighted by molar-refractivity contribution is -0.216. The number of aromatic nitrogens is 6. The molecule has 2 aliphatic rings. The van der Waals surface area contributed by atoms with Gasteiger partial charge < -0.3 is 19.7 Å². The Hall–Kier alpha value is -3.13. The van der Waals surface area contributed by atoms with Gasteiger partial charge in [-0.05, 0) is 37.0 Å². The second kappa shape index (κ2) is 10.1. The maximum Gasteiger partial charge on any atom is 0.194 e. The van der Waals surface area contributed by atoms with Gasteiger partial charge in [-0.15, -0.1) is 10.2 Å². The minimum atomic E-state index is -1.58. The van der Waals surface area contributed by atoms with Gasteiger partial charge in [-0.25, -0.2) is 22.5 Å². The monoisotopic (exact) mass is 506 g/mol. The topological polar surface area (TPSA) is 120 Å². The number of hydrogen-bond donors (Lipinski definition) is 2. The van der Waals surface area contributed by atoms with Crippen LogP contribution in [0.25, 0.3) is 16.8 Å². The van der Waals surface area contributed by atoms with Gasteiger partial charge in [-0.2, -0.15) is 0 Å². The third kappa shape index (κ3) is 4.54. The summed E-state index contributed by atoms with van der Waals surface area (Å²) >= 11 is 0. The van der Waals surface area contributed by atoms with Crippen LogP contribution in [0.4, 0.5) is 13.2 Å². The van der Waals surface area contributed by atoms with E-state index in [9.17, 15) is 23.4 Å². The molecule has 0 bridgehead atoms. The number of methoxy groups -OCH3 is 1. The van der Waals surface area contributed by atoms with Crippen LogP contribution in [0.15, 0.2) is 30.6 Å². The van der Waals surface area contributed by atoms with E-state index in [0.717, 1.165) is 42.7 Å². The number of rotatable bonds is 7. The van der Waals surface area contributed by atoms with E-state index in [1.807, 2.05) is 6.20 Å². The van der Waals surface area contributed by atoms with Crippen molar-refractivity contribution in [2.24, 2.45) is 0 Å². The molecule has 1 aliphatic carbocycles. The maximum absolute atomic E-state index is 13.7. The number of aliphatic hydroxyl groups is 2. The van der Waals surface area contributed by atoms with E-state index < -0.39 is 54.5 Å². The average molecular weight is 506 g/mol. The molecular weight excluding hydrogens is 481 g/mol. The molecule has 10 nitrogen and oxygen atoms in total. The first kappa shape index (κ1) is 24.6. The zero-order valence-electron chi connectivity index (χ0n) is 19.3. The van der Waals surface area contributed by atoms with Gasteiger partial charge in [-0.1, -0.05) is 16.5 Å². The Labute approximate surface area is 203 Å². The third-order valence-electron chi connectivity index (χ3n) is 6.61. The minimum Gasteiger partial charge on any atom is -0.394 e. The SMILES string of the molecule is CO[C@@H]1[C@@H](n2cc(-c3cc(F)c(F)c(F)c3)nn2)[C@@H](O)[C@@H](CO)O[C@@H]1Cn1cc(C2=CCCC2)nn1. The molecule has 2 N–H and O–H groups in total. The van der Waals surface area contributed by atoms with Crippen LogP contribution in [-0.2, 0) is 16.0 Å². The lowest BCUT2D eigenvalue weighted by atomic mass is 9.92. The summed E-state index contributed by atoms with van der Waals surface area (Å²) in [6, 6.07) is 0.743. The molecule has 0 saturated carbocycles. The summed E-state index contributed by atoms with van der Waals surface area (Å²) in [7, 11) is 1.44. The van der Waals surface area contributed by atoms with Crippen LogP contribution in [0, 0.1) is 17.5 Å². The molecule has 13 heteroatoms. The van der Waals surface area contributed by atoms with Crippen molar-refractivity contribution in [3.05, 3.63) is 53.7 Å². The molecular formula is C23H25F3N6O4. The van der Waals surface area contributed by atoms with E-state index in [0.29, 0.717) is 0 Å². The molecule has 3 heterocycles. The normalized spacial score (nSPS) is 26.4. The van der Waals surface area contributed by atoms with Crippen molar-refractivity contribution >= 4 is 5.57 Å². The summed E-state index contributed by atoms with van der Waals surface area (Å²) in [6.45, 7) is -0.259. The molecule has 1 aliphatic heterocycles. The van der Waals surface area contributed by atoms with Crippen LogP contribution in [-0.4, -0.2) is 78.3 Å². The summed E-state index contributed by atoms with van der Waals surface area (Å²) in [5.41, 5.74) is 1.95. The van der Waals surface area contributed by atoms with Crippen LogP contribution < -0.4 is 0 Å². The lowest BCUT2D eigenvalue weighted by Crippen LogP contribution is -2.57. The van der Waals surface area contributed by atoms with E-state index in [1.54, 1.807) is 4.68 Å². The predicted molar refractivity (Wildman–Crippen MR) is 119 cm³/mol. The molecule has 1 fully saturated rings. The van der Waals surface area contributed by atoms with Crippen LogP contribution in [0.3, 0.4) is 0 Å². The second-order valence-electron chi connectivity index (χ2n) is 8.86. The number of benzene rings is 1. The highest BCUT2D eigenvalue weighted by atomic mass is 19.2. The van der Waals surface area contributed by atoms with Crippen molar-refractivity contribution in [3.8, 4) is 11.3 Å². The van der Waals surface area contributed by atoms with Gasteiger partial charge in [0.05, 0.1) is 25.5 Å². The van der Waals surface area contributed by atoms with Crippen LogP contribution >= 0.6 is 0 Å². The Morgan fingerprint density at radius 1 is 1.08 bits per heavy atom. The zero-order chi connectivity index (χ0) is 25.4. The van der Waals surface area contributed by atoms with Gasteiger partial charge in [0, 0.05) is 12.7 Å². The van der Waals surface area contributed by atoms with Crippen LogP contribution in [0.5, 0.6) is 0 Å². The Kier molecular flexibility index (Phi) is 6.88. The highest BCUT2D eigenvalue weighted by Gasteiger charge is 2.47. The Bertz CT molecular complexity index is 1240. The average Bonchev–Trinajstić information content (AvgIpc) is 3.64. The van der Waals surface area contributed by atoms with Gasteiger partial charge in [0.15, 0.2) is 17.5 Å². The molecule has 1 saturated heterocycles. The van der Waals surface area contributed by atoms with Gasteiger partial charge in [0.1, 0.15) is 41.8 Å². The second-order valence-corrected chi connectivity index (χ2v) is 8.86. The smallest absolute Gasteiger partial charge is 0.194 e. The molecule has 0 amide bonds. The number of allylic oxidation sites excluding steroid dienone is 2. The molecule has 5 atom stereocenters. The zero-order valence-corrected chi connectivity index (χ0v) is 19.3. The molecule has 1 aromatic carbocycles. The van der Waals surface area contributed by atoms with E-state index in [4.69, 9.17) is 9.47 Å². The molecule has 5 rings (SSSR count). The molecule has 0 spiro atoms. The lowest BCUT2D eigenvalue weighted by Gasteiger charge is -2.43. The van der Waals surface area contributed by atoms with E-state index in [2.05, 4.69) is 26.7 Å². The summed E-state index contributed by atoms with van der Waals surface area (Å²) in [6.07, 6.45) is 4.69. The first-order valence-corrected chi connectivity index (χ1v) is 11.5. The van der Waals surface area contributed by atoms with Crippen molar-refractivity contribution in [1.29, 1.82) is 0 Å². The van der Waals surface area contributed by atoms with E-state index >= 15 is 0 Å². The molecule has 0 radical (unpaired) electrons. The quantitative estimate of drug-likeness (QED) is 0.467. The molecule has 2 aromatic heterocycles. The standard InChI is InChI=1S/C23H25F3N6O4/c1-35-23-18(10-31-8-16(27-29-31)12-4-2-3-5-12)36-19(11-33)22(34)21(23)32-9-17(28-30-32)13-6-14(24)20(26)15(25)7-13/h4,6-9,18-19,21-23,33-34H,2-3,5,10-11H2,1H3/t18-,19-,21+,22+,23+/m1/s1. The van der Waals surface area contributed by atoms with Gasteiger partial charge in [0.2, 0.25) is 0 Å². The number of ether oxygens (including phenoxy) is 2. The largest absolute Gasteiger partial charge is 0.394 e. The Balaban J connectivity index is 1.42. The first-order valence-electron chi connectivity index (χ1n) is 11.5. The summed E-state index contributed by atoms with van der Waals surface area (Å²) in [4.78, 5) is 0. The fraction of sp³-hybridized carbons (Fsp3) is 0.478. The maximum atomic E-state index is 13.7. The number of nitrogens with zero attached hydrogens (tertiary/aromatic N) is 6. The number of hydrogen-bond acceptors (Lipinski definition) is 8. The van der Waals surface area contributed by atoms with Crippen molar-refractivity contribution in [2.75, 3.05) is 13.7 Å². The highest BCUT2D eigenvalue weighted by molar-refractivity contribution is 5.63. The third-order valence-corrected chi connectivity index (χ3v) is 6.61. The highest BCUT2D eigenvalue weighted by Crippen LogP contribution is 2.34. The Morgan fingerprint density at radius 3 is 2.50 bits per heavy atom. The van der Waals surface area contributed by atoms with Crippen LogP contribution in [0.1, 0.15) is 31.0 Å². The summed E-state index contributed by atoms with van der Waals surface area (Å²) < 4.78 is 55.4. The number of aliphatic hydroxyl groups excluding tert-OH is 2. The molecule has 192 valence electrons. The van der Waals surface area contributed by atoms with Gasteiger partial charge in [0.25, 0.3) is 0 Å². The van der Waals surface area contributed by atoms with Crippen molar-refractivity contribution < 1.29 is 32.9 Å². The fourth-order valence-electron chi connectivity index (χ4n) is 4.79. The van der Waals surface area contributed by atoms with E-state index in [1.165, 1.54) is 18.0 Å². The molecule has 36 heavy (non-hydrogen) atoms. The fourth-order valence-corrected chi connectivity index (χ4v) is 4.79. The summed E-state index contributed by atoms with van der Waals surface area (Å²) in [5.74, 6) is -4.30. The first-order chi connectivity index (χ1) is 17.4. The minimum absolute atomic E-state index is 0.0280.